The first-order valence-electron chi connectivity index (χ1n) is 5.13. The lowest BCUT2D eigenvalue weighted by Crippen LogP contribution is -2.54. The van der Waals surface area contributed by atoms with Crippen molar-refractivity contribution in [2.75, 3.05) is 0 Å². The molecular formula is C9H11N3O3. The van der Waals surface area contributed by atoms with Gasteiger partial charge in [-0.25, -0.2) is 0 Å². The number of hydrogen-bond acceptors (Lipinski definition) is 6. The van der Waals surface area contributed by atoms with Crippen LogP contribution in [0.4, 0.5) is 0 Å². The average Bonchev–Trinajstić information content (AvgIpc) is 2.15. The molecule has 1 aromatic heterocycles. The van der Waals surface area contributed by atoms with Crippen molar-refractivity contribution in [3.63, 3.8) is 0 Å². The number of rotatable bonds is 4. The topological polar surface area (TPSA) is 66.4 Å². The minimum Gasteiger partial charge on any atom is -0.385 e. The third-order valence-electron chi connectivity index (χ3n) is 2.40. The number of unbranched alkanes of at least 4 members (excludes halogenated alkanes) is 2. The molecule has 1 aromatic rings. The lowest BCUT2D eigenvalue weighted by Gasteiger charge is -2.37. The van der Waals surface area contributed by atoms with Crippen LogP contribution in [0.5, 0.6) is 18.0 Å². The van der Waals surface area contributed by atoms with Crippen LogP contribution in [-0.2, 0) is 0 Å². The molecule has 6 heteroatoms. The summed E-state index contributed by atoms with van der Waals surface area (Å²) < 4.78 is 16.2. The van der Waals surface area contributed by atoms with Crippen LogP contribution in [0.3, 0.4) is 0 Å². The van der Waals surface area contributed by atoms with Gasteiger partial charge in [-0.2, -0.15) is 0 Å². The van der Waals surface area contributed by atoms with Gasteiger partial charge in [-0.1, -0.05) is 19.8 Å². The van der Waals surface area contributed by atoms with E-state index in [-0.39, 0.29) is 0 Å². The van der Waals surface area contributed by atoms with Crippen LogP contribution in [0.1, 0.15) is 32.6 Å². The number of aromatic nitrogens is 3. The van der Waals surface area contributed by atoms with Gasteiger partial charge >= 0.3 is 24.0 Å². The van der Waals surface area contributed by atoms with Crippen molar-refractivity contribution in [1.29, 1.82) is 0 Å². The van der Waals surface area contributed by atoms with E-state index in [1.165, 1.54) is 0 Å². The Balaban J connectivity index is 1.78. The molecule has 3 aliphatic heterocycles. The molecule has 80 valence electrons. The van der Waals surface area contributed by atoms with Crippen molar-refractivity contribution in [1.82, 2.24) is 15.0 Å². The summed E-state index contributed by atoms with van der Waals surface area (Å²) in [5.74, 6) is -1.04. The van der Waals surface area contributed by atoms with E-state index >= 15 is 0 Å². The molecule has 0 unspecified atom stereocenters. The molecule has 3 aliphatic rings. The average molecular weight is 209 g/mol. The van der Waals surface area contributed by atoms with Crippen LogP contribution in [-0.4, -0.2) is 20.9 Å². The summed E-state index contributed by atoms with van der Waals surface area (Å²) in [6.45, 7) is 2.14. The molecule has 0 radical (unpaired) electrons. The van der Waals surface area contributed by atoms with E-state index in [4.69, 9.17) is 14.2 Å². The van der Waals surface area contributed by atoms with E-state index in [0.717, 1.165) is 19.3 Å². The second kappa shape index (κ2) is 2.95. The molecule has 0 saturated heterocycles. The molecule has 4 heterocycles. The Hall–Kier alpha value is -1.59. The van der Waals surface area contributed by atoms with Gasteiger partial charge in [-0.15, -0.1) is 15.0 Å². The van der Waals surface area contributed by atoms with Crippen LogP contribution >= 0.6 is 0 Å². The van der Waals surface area contributed by atoms with E-state index in [0.29, 0.717) is 24.5 Å². The van der Waals surface area contributed by atoms with Crippen molar-refractivity contribution in [2.45, 2.75) is 38.6 Å². The van der Waals surface area contributed by atoms with E-state index < -0.39 is 5.97 Å². The van der Waals surface area contributed by atoms with Crippen LogP contribution in [0.2, 0.25) is 0 Å². The third kappa shape index (κ3) is 1.36. The van der Waals surface area contributed by atoms with Gasteiger partial charge in [0.25, 0.3) is 0 Å². The Kier molecular flexibility index (Phi) is 1.71. The summed E-state index contributed by atoms with van der Waals surface area (Å²) in [5, 5.41) is 0. The first-order valence-corrected chi connectivity index (χ1v) is 5.13. The highest BCUT2D eigenvalue weighted by atomic mass is 16.9. The Bertz CT molecular complexity index is 333. The van der Waals surface area contributed by atoms with E-state index in [1.54, 1.807) is 0 Å². The van der Waals surface area contributed by atoms with Crippen LogP contribution in [0.15, 0.2) is 0 Å². The molecule has 4 rings (SSSR count). The molecule has 0 amide bonds. The summed E-state index contributed by atoms with van der Waals surface area (Å²) in [6.07, 6.45) is 3.89. The van der Waals surface area contributed by atoms with Crippen molar-refractivity contribution in [2.24, 2.45) is 0 Å². The van der Waals surface area contributed by atoms with Gasteiger partial charge in [0.2, 0.25) is 0 Å². The standard InChI is InChI=1S/C9H11N3O3/c1-2-3-4-5-9-13-6-10-7(14-9)12-8(11-6)15-9/h2-5H2,1H3. The van der Waals surface area contributed by atoms with Crippen molar-refractivity contribution >= 4 is 0 Å². The molecule has 0 aliphatic carbocycles. The summed E-state index contributed by atoms with van der Waals surface area (Å²) in [6, 6.07) is 0.886. The van der Waals surface area contributed by atoms with Gasteiger partial charge in [0.1, 0.15) is 0 Å². The lowest BCUT2D eigenvalue weighted by molar-refractivity contribution is -0.293. The van der Waals surface area contributed by atoms with Gasteiger partial charge in [0, 0.05) is 0 Å². The zero-order valence-corrected chi connectivity index (χ0v) is 8.39. The van der Waals surface area contributed by atoms with Crippen LogP contribution in [0.25, 0.3) is 0 Å². The first-order chi connectivity index (χ1) is 7.30. The van der Waals surface area contributed by atoms with Gasteiger partial charge in [-0.05, 0) is 6.42 Å². The summed E-state index contributed by atoms with van der Waals surface area (Å²) in [4.78, 5) is 11.7. The maximum Gasteiger partial charge on any atom is 0.423 e. The predicted molar refractivity (Wildman–Crippen MR) is 48.6 cm³/mol. The summed E-state index contributed by atoms with van der Waals surface area (Å²) >= 11 is 0. The maximum atomic E-state index is 5.39. The van der Waals surface area contributed by atoms with Crippen molar-refractivity contribution in [3.8, 4) is 18.0 Å². The fourth-order valence-electron chi connectivity index (χ4n) is 1.68. The SMILES string of the molecule is CCCCCC12Oc3nc(nc(n3)O1)O2. The Labute approximate surface area is 86.6 Å². The van der Waals surface area contributed by atoms with E-state index in [2.05, 4.69) is 21.9 Å². The minimum atomic E-state index is -1.04. The lowest BCUT2D eigenvalue weighted by atomic mass is 10.2. The molecule has 15 heavy (non-hydrogen) atoms. The van der Waals surface area contributed by atoms with Gasteiger partial charge in [0.05, 0.1) is 6.42 Å². The highest BCUT2D eigenvalue weighted by molar-refractivity contribution is 5.17. The smallest absolute Gasteiger partial charge is 0.385 e. The van der Waals surface area contributed by atoms with E-state index in [9.17, 15) is 0 Å². The van der Waals surface area contributed by atoms with Crippen molar-refractivity contribution in [3.05, 3.63) is 0 Å². The zero-order valence-electron chi connectivity index (χ0n) is 8.39. The molecule has 4 bridgehead atoms. The molecule has 0 saturated carbocycles. The monoisotopic (exact) mass is 209 g/mol. The highest BCUT2D eigenvalue weighted by Gasteiger charge is 2.48. The summed E-state index contributed by atoms with van der Waals surface area (Å²) in [5.41, 5.74) is 0. The Morgan fingerprint density at radius 2 is 1.47 bits per heavy atom. The molecule has 6 nitrogen and oxygen atoms in total. The van der Waals surface area contributed by atoms with Gasteiger partial charge < -0.3 is 14.2 Å². The van der Waals surface area contributed by atoms with Crippen LogP contribution in [0, 0.1) is 0 Å². The predicted octanol–water partition coefficient (Wildman–Crippen LogP) is 1.27. The minimum absolute atomic E-state index is 0.295. The highest BCUT2D eigenvalue weighted by Crippen LogP contribution is 2.37. The Morgan fingerprint density at radius 1 is 0.933 bits per heavy atom. The molecule has 0 aromatic carbocycles. The molecular weight excluding hydrogens is 198 g/mol. The fraction of sp³-hybridized carbons (Fsp3) is 0.667. The van der Waals surface area contributed by atoms with E-state index in [1.807, 2.05) is 0 Å². The third-order valence-corrected chi connectivity index (χ3v) is 2.40. The van der Waals surface area contributed by atoms with Gasteiger partial charge in [-0.3, -0.25) is 0 Å². The summed E-state index contributed by atoms with van der Waals surface area (Å²) in [7, 11) is 0. The van der Waals surface area contributed by atoms with Crippen molar-refractivity contribution < 1.29 is 14.2 Å². The molecule has 0 fully saturated rings. The van der Waals surface area contributed by atoms with Crippen LogP contribution < -0.4 is 14.2 Å². The molecule has 0 N–H and O–H groups in total. The molecule has 0 spiro atoms. The zero-order chi connectivity index (χ0) is 10.3. The Morgan fingerprint density at radius 3 is 1.93 bits per heavy atom. The normalized spacial score (nSPS) is 18.2. The maximum absolute atomic E-state index is 5.39. The number of nitrogens with zero attached hydrogens (tertiary/aromatic N) is 3. The molecule has 0 atom stereocenters. The van der Waals surface area contributed by atoms with Gasteiger partial charge in [0.15, 0.2) is 0 Å². The quantitative estimate of drug-likeness (QED) is 0.695. The fourth-order valence-corrected chi connectivity index (χ4v) is 1.68. The second-order valence-electron chi connectivity index (χ2n) is 3.63. The number of ether oxygens (including phenoxy) is 3. The number of hydrogen-bond donors (Lipinski definition) is 0. The second-order valence-corrected chi connectivity index (χ2v) is 3.63. The first kappa shape index (κ1) is 8.70. The largest absolute Gasteiger partial charge is 0.423 e.